The van der Waals surface area contributed by atoms with Crippen molar-refractivity contribution in [2.45, 2.75) is 26.2 Å². The number of benzene rings is 1. The molecule has 102 valence electrons. The van der Waals surface area contributed by atoms with E-state index in [4.69, 9.17) is 10.4 Å². The summed E-state index contributed by atoms with van der Waals surface area (Å²) in [5, 5.41) is 20.8. The van der Waals surface area contributed by atoms with Crippen LogP contribution in [0.25, 0.3) is 0 Å². The van der Waals surface area contributed by atoms with Gasteiger partial charge < -0.3 is 10.4 Å². The predicted molar refractivity (Wildman–Crippen MR) is 78.0 cm³/mol. The Bertz CT molecular complexity index is 483. The molecule has 1 aromatic rings. The van der Waals surface area contributed by atoms with Crippen molar-refractivity contribution in [3.63, 3.8) is 0 Å². The van der Waals surface area contributed by atoms with E-state index in [1.54, 1.807) is 6.07 Å². The van der Waals surface area contributed by atoms with Crippen molar-refractivity contribution < 1.29 is 9.90 Å². The summed E-state index contributed by atoms with van der Waals surface area (Å²) < 4.78 is 0.924. The Morgan fingerprint density at radius 2 is 2.26 bits per heavy atom. The summed E-state index contributed by atoms with van der Waals surface area (Å²) in [6.45, 7) is 2.77. The third-order valence-corrected chi connectivity index (χ3v) is 3.40. The van der Waals surface area contributed by atoms with Gasteiger partial charge >= 0.3 is 5.97 Å². The van der Waals surface area contributed by atoms with Gasteiger partial charge in [-0.25, -0.2) is 0 Å². The fourth-order valence-electron chi connectivity index (χ4n) is 1.73. The van der Waals surface area contributed by atoms with Crippen LogP contribution >= 0.6 is 15.9 Å². The monoisotopic (exact) mass is 324 g/mol. The van der Waals surface area contributed by atoms with Gasteiger partial charge in [-0.05, 0) is 37.0 Å². The molecule has 0 saturated heterocycles. The number of carbonyl (C=O) groups is 1. The fourth-order valence-corrected chi connectivity index (χ4v) is 2.09. The van der Waals surface area contributed by atoms with E-state index in [0.29, 0.717) is 17.9 Å². The van der Waals surface area contributed by atoms with E-state index in [-0.39, 0.29) is 6.42 Å². The van der Waals surface area contributed by atoms with Crippen LogP contribution in [0.5, 0.6) is 0 Å². The van der Waals surface area contributed by atoms with E-state index in [2.05, 4.69) is 27.3 Å². The van der Waals surface area contributed by atoms with Crippen LogP contribution < -0.4 is 5.32 Å². The zero-order valence-corrected chi connectivity index (χ0v) is 12.4. The van der Waals surface area contributed by atoms with Crippen molar-refractivity contribution >= 4 is 27.6 Å². The molecule has 1 atom stereocenters. The van der Waals surface area contributed by atoms with Gasteiger partial charge in [0.1, 0.15) is 6.07 Å². The van der Waals surface area contributed by atoms with Gasteiger partial charge in [0, 0.05) is 17.4 Å². The largest absolute Gasteiger partial charge is 0.481 e. The Labute approximate surface area is 121 Å². The second kappa shape index (κ2) is 7.80. The first kappa shape index (κ1) is 15.5. The Balaban J connectivity index is 2.43. The number of rotatable bonds is 7. The number of nitrogens with one attached hydrogen (secondary N) is 1. The summed E-state index contributed by atoms with van der Waals surface area (Å²) in [6.07, 6.45) is 1.77. The third-order valence-electron chi connectivity index (χ3n) is 2.91. The van der Waals surface area contributed by atoms with Gasteiger partial charge in [0.25, 0.3) is 0 Å². The van der Waals surface area contributed by atoms with Gasteiger partial charge in [-0.3, -0.25) is 4.79 Å². The minimum absolute atomic E-state index is 0.210. The molecule has 0 spiro atoms. The molecule has 0 amide bonds. The molecule has 0 aliphatic carbocycles. The van der Waals surface area contributed by atoms with Crippen LogP contribution in [0, 0.1) is 17.2 Å². The molecule has 0 heterocycles. The van der Waals surface area contributed by atoms with Crippen LogP contribution in [0.3, 0.4) is 0 Å². The van der Waals surface area contributed by atoms with E-state index < -0.39 is 5.97 Å². The number of carboxylic acids is 1. The first-order valence-electron chi connectivity index (χ1n) is 6.18. The van der Waals surface area contributed by atoms with E-state index in [0.717, 1.165) is 23.1 Å². The van der Waals surface area contributed by atoms with Gasteiger partial charge in [0.05, 0.1) is 11.3 Å². The first-order valence-corrected chi connectivity index (χ1v) is 6.97. The van der Waals surface area contributed by atoms with Crippen molar-refractivity contribution in [3.05, 3.63) is 28.2 Å². The molecular weight excluding hydrogens is 308 g/mol. The Morgan fingerprint density at radius 1 is 1.53 bits per heavy atom. The Kier molecular flexibility index (Phi) is 6.37. The van der Waals surface area contributed by atoms with Crippen molar-refractivity contribution in [2.75, 3.05) is 11.9 Å². The summed E-state index contributed by atoms with van der Waals surface area (Å²) in [5.74, 6) is -0.403. The predicted octanol–water partition coefficient (Wildman–Crippen LogP) is 3.62. The van der Waals surface area contributed by atoms with Gasteiger partial charge in [0.15, 0.2) is 0 Å². The molecule has 0 aliphatic rings. The quantitative estimate of drug-likeness (QED) is 0.803. The lowest BCUT2D eigenvalue weighted by atomic mass is 10.0. The third kappa shape index (κ3) is 5.75. The molecule has 0 bridgehead atoms. The number of hydrogen-bond donors (Lipinski definition) is 2. The lowest BCUT2D eigenvalue weighted by Gasteiger charge is -2.12. The second-order valence-electron chi connectivity index (χ2n) is 4.55. The van der Waals surface area contributed by atoms with Gasteiger partial charge in [0.2, 0.25) is 0 Å². The maximum absolute atomic E-state index is 10.5. The molecule has 0 fully saturated rings. The Morgan fingerprint density at radius 3 is 2.89 bits per heavy atom. The molecule has 4 nitrogen and oxygen atoms in total. The van der Waals surface area contributed by atoms with Gasteiger partial charge in [-0.15, -0.1) is 0 Å². The molecule has 0 aromatic heterocycles. The number of anilines is 1. The highest BCUT2D eigenvalue weighted by Gasteiger charge is 2.06. The van der Waals surface area contributed by atoms with Crippen molar-refractivity contribution in [3.8, 4) is 6.07 Å². The number of hydrogen-bond acceptors (Lipinski definition) is 3. The highest BCUT2D eigenvalue weighted by atomic mass is 79.9. The second-order valence-corrected chi connectivity index (χ2v) is 5.47. The topological polar surface area (TPSA) is 73.1 Å². The molecule has 1 unspecified atom stereocenters. The number of carboxylic acid groups (broad SMARTS) is 1. The molecule has 5 heteroatoms. The van der Waals surface area contributed by atoms with Crippen molar-refractivity contribution in [2.24, 2.45) is 5.92 Å². The molecule has 0 aliphatic heterocycles. The SMILES string of the molecule is CC(CCNc1cc(Br)ccc1C#N)CCC(=O)O. The van der Waals surface area contributed by atoms with E-state index in [9.17, 15) is 4.79 Å². The van der Waals surface area contributed by atoms with Gasteiger partial charge in [-0.1, -0.05) is 22.9 Å². The van der Waals surface area contributed by atoms with Crippen LogP contribution in [0.2, 0.25) is 0 Å². The van der Waals surface area contributed by atoms with Crippen LogP contribution in [-0.4, -0.2) is 17.6 Å². The molecule has 1 rings (SSSR count). The van der Waals surface area contributed by atoms with E-state index >= 15 is 0 Å². The molecule has 1 aromatic carbocycles. The lowest BCUT2D eigenvalue weighted by Crippen LogP contribution is -2.09. The summed E-state index contributed by atoms with van der Waals surface area (Å²) in [4.78, 5) is 10.5. The molecule has 19 heavy (non-hydrogen) atoms. The highest BCUT2D eigenvalue weighted by Crippen LogP contribution is 2.21. The molecular formula is C14H17BrN2O2. The summed E-state index contributed by atoms with van der Waals surface area (Å²) in [5.41, 5.74) is 1.42. The average molecular weight is 325 g/mol. The van der Waals surface area contributed by atoms with E-state index in [1.807, 2.05) is 19.1 Å². The number of nitriles is 1. The number of aliphatic carboxylic acids is 1. The lowest BCUT2D eigenvalue weighted by molar-refractivity contribution is -0.137. The fraction of sp³-hybridized carbons (Fsp3) is 0.429. The maximum Gasteiger partial charge on any atom is 0.303 e. The molecule has 0 saturated carbocycles. The van der Waals surface area contributed by atoms with Crippen molar-refractivity contribution in [1.82, 2.24) is 0 Å². The highest BCUT2D eigenvalue weighted by molar-refractivity contribution is 9.10. The summed E-state index contributed by atoms with van der Waals surface area (Å²) >= 11 is 3.37. The summed E-state index contributed by atoms with van der Waals surface area (Å²) in [7, 11) is 0. The minimum Gasteiger partial charge on any atom is -0.481 e. The van der Waals surface area contributed by atoms with Crippen LogP contribution in [-0.2, 0) is 4.79 Å². The van der Waals surface area contributed by atoms with Crippen LogP contribution in [0.4, 0.5) is 5.69 Å². The molecule has 0 radical (unpaired) electrons. The normalized spacial score (nSPS) is 11.6. The average Bonchev–Trinajstić information content (AvgIpc) is 2.36. The number of halogens is 1. The standard InChI is InChI=1S/C14H17BrN2O2/c1-10(2-5-14(18)19)6-7-17-13-8-12(15)4-3-11(13)9-16/h3-4,8,10,17H,2,5-7H2,1H3,(H,18,19). The number of nitrogens with zero attached hydrogens (tertiary/aromatic N) is 1. The first-order chi connectivity index (χ1) is 9.02. The smallest absolute Gasteiger partial charge is 0.303 e. The summed E-state index contributed by atoms with van der Waals surface area (Å²) in [6, 6.07) is 7.61. The van der Waals surface area contributed by atoms with Crippen molar-refractivity contribution in [1.29, 1.82) is 5.26 Å². The zero-order valence-electron chi connectivity index (χ0n) is 10.8. The van der Waals surface area contributed by atoms with Crippen LogP contribution in [0.15, 0.2) is 22.7 Å². The van der Waals surface area contributed by atoms with Crippen LogP contribution in [0.1, 0.15) is 31.7 Å². The van der Waals surface area contributed by atoms with E-state index in [1.165, 1.54) is 0 Å². The Hall–Kier alpha value is -1.54. The maximum atomic E-state index is 10.5. The minimum atomic E-state index is -0.751. The van der Waals surface area contributed by atoms with Gasteiger partial charge in [-0.2, -0.15) is 5.26 Å². The molecule has 2 N–H and O–H groups in total. The zero-order chi connectivity index (χ0) is 14.3.